The first-order valence-electron chi connectivity index (χ1n) is 9.73. The maximum absolute atomic E-state index is 13.1. The summed E-state index contributed by atoms with van der Waals surface area (Å²) in [6, 6.07) is 16.2. The second kappa shape index (κ2) is 10.4. The second-order valence-electron chi connectivity index (χ2n) is 6.80. The zero-order valence-corrected chi connectivity index (χ0v) is 17.5. The number of carbonyl (C=O) groups is 2. The maximum atomic E-state index is 13.1. The average molecular weight is 456 g/mol. The Morgan fingerprint density at radius 2 is 1.82 bits per heavy atom. The molecule has 0 unspecified atom stereocenters. The van der Waals surface area contributed by atoms with E-state index in [2.05, 4.69) is 5.10 Å². The predicted octanol–water partition coefficient (Wildman–Crippen LogP) is 5.23. The van der Waals surface area contributed by atoms with Crippen LogP contribution in [-0.4, -0.2) is 24.7 Å². The number of benzene rings is 2. The lowest BCUT2D eigenvalue weighted by Gasteiger charge is -2.18. The number of halogens is 3. The summed E-state index contributed by atoms with van der Waals surface area (Å²) >= 11 is 0. The van der Waals surface area contributed by atoms with Crippen molar-refractivity contribution in [2.75, 3.05) is 11.6 Å². The van der Waals surface area contributed by atoms with Crippen molar-refractivity contribution in [2.24, 2.45) is 5.10 Å². The van der Waals surface area contributed by atoms with Gasteiger partial charge in [-0.25, -0.2) is 4.79 Å². The van der Waals surface area contributed by atoms with E-state index in [1.165, 1.54) is 18.4 Å². The lowest BCUT2D eigenvalue weighted by atomic mass is 10.2. The first-order valence-corrected chi connectivity index (χ1v) is 9.73. The molecular weight excluding hydrogens is 437 g/mol. The summed E-state index contributed by atoms with van der Waals surface area (Å²) in [7, 11) is 0. The van der Waals surface area contributed by atoms with E-state index in [1.807, 2.05) is 0 Å². The molecular formula is C24H19F3N2O4. The molecule has 0 aliphatic rings. The number of ether oxygens (including phenoxy) is 1. The number of hydrogen-bond donors (Lipinski definition) is 0. The molecule has 0 saturated carbocycles. The molecule has 0 N–H and O–H groups in total. The number of alkyl halides is 3. The van der Waals surface area contributed by atoms with Gasteiger partial charge in [-0.3, -0.25) is 4.79 Å². The number of hydrogen-bond acceptors (Lipinski definition) is 5. The lowest BCUT2D eigenvalue weighted by molar-refractivity contribution is -0.142. The first-order chi connectivity index (χ1) is 15.7. The van der Waals surface area contributed by atoms with Crippen LogP contribution in [0.5, 0.6) is 0 Å². The molecule has 0 saturated heterocycles. The molecule has 1 amide bonds. The third-order valence-corrected chi connectivity index (χ3v) is 4.26. The van der Waals surface area contributed by atoms with Crippen LogP contribution < -0.4 is 5.01 Å². The lowest BCUT2D eigenvalue weighted by Crippen LogP contribution is -2.30. The topological polar surface area (TPSA) is 72.1 Å². The van der Waals surface area contributed by atoms with Crippen molar-refractivity contribution in [2.45, 2.75) is 13.1 Å². The van der Waals surface area contributed by atoms with Crippen LogP contribution >= 0.6 is 0 Å². The summed E-state index contributed by atoms with van der Waals surface area (Å²) in [6.45, 7) is 1.01. The van der Waals surface area contributed by atoms with Gasteiger partial charge in [-0.05, 0) is 48.9 Å². The molecule has 0 spiro atoms. The molecule has 0 aliphatic heterocycles. The number of nitrogens with zero attached hydrogens (tertiary/aromatic N) is 2. The van der Waals surface area contributed by atoms with E-state index >= 15 is 0 Å². The van der Waals surface area contributed by atoms with Crippen LogP contribution in [0.2, 0.25) is 0 Å². The van der Waals surface area contributed by atoms with Crippen molar-refractivity contribution in [1.82, 2.24) is 0 Å². The molecule has 1 aromatic heterocycles. The van der Waals surface area contributed by atoms with Gasteiger partial charge in [0.15, 0.2) is 6.61 Å². The number of hydrazone groups is 1. The number of rotatable bonds is 7. The van der Waals surface area contributed by atoms with Gasteiger partial charge in [0.2, 0.25) is 0 Å². The predicted molar refractivity (Wildman–Crippen MR) is 116 cm³/mol. The van der Waals surface area contributed by atoms with E-state index in [0.717, 1.165) is 29.3 Å². The van der Waals surface area contributed by atoms with Crippen LogP contribution in [0.4, 0.5) is 18.9 Å². The summed E-state index contributed by atoms with van der Waals surface area (Å²) in [6.07, 6.45) is -0.834. The molecule has 0 aliphatic carbocycles. The minimum absolute atomic E-state index is 0.125. The SMILES string of the molecule is Cc1ccc(/C=C/C(=O)OCC(=O)N(/N=C/c2ccccc2)c2cccc(C(F)(F)F)c2)o1. The minimum Gasteiger partial charge on any atom is -0.462 e. The van der Waals surface area contributed by atoms with Crippen molar-refractivity contribution < 1.29 is 31.9 Å². The molecule has 0 bridgehead atoms. The highest BCUT2D eigenvalue weighted by Gasteiger charge is 2.31. The Balaban J connectivity index is 1.77. The summed E-state index contributed by atoms with van der Waals surface area (Å²) < 4.78 is 49.6. The molecule has 0 radical (unpaired) electrons. The van der Waals surface area contributed by atoms with E-state index in [1.54, 1.807) is 49.4 Å². The van der Waals surface area contributed by atoms with Crippen LogP contribution in [-0.2, 0) is 20.5 Å². The summed E-state index contributed by atoms with van der Waals surface area (Å²) in [5.74, 6) is -0.578. The van der Waals surface area contributed by atoms with Crippen LogP contribution in [0.25, 0.3) is 6.08 Å². The number of amides is 1. The Bertz CT molecular complexity index is 1170. The molecule has 3 rings (SSSR count). The third kappa shape index (κ3) is 6.93. The van der Waals surface area contributed by atoms with E-state index < -0.39 is 30.2 Å². The van der Waals surface area contributed by atoms with Gasteiger partial charge in [-0.2, -0.15) is 23.3 Å². The number of furan rings is 1. The summed E-state index contributed by atoms with van der Waals surface area (Å²) in [5, 5.41) is 4.79. The van der Waals surface area contributed by atoms with Gasteiger partial charge in [-0.15, -0.1) is 0 Å². The van der Waals surface area contributed by atoms with Gasteiger partial charge in [0, 0.05) is 6.08 Å². The second-order valence-corrected chi connectivity index (χ2v) is 6.80. The maximum Gasteiger partial charge on any atom is 0.416 e. The van der Waals surface area contributed by atoms with Crippen molar-refractivity contribution in [1.29, 1.82) is 0 Å². The summed E-state index contributed by atoms with van der Waals surface area (Å²) in [5.41, 5.74) is -0.447. The fraction of sp³-hybridized carbons (Fsp3) is 0.125. The Kier molecular flexibility index (Phi) is 7.45. The Labute approximate surface area is 187 Å². The zero-order chi connectivity index (χ0) is 23.8. The van der Waals surface area contributed by atoms with Crippen molar-refractivity contribution in [3.63, 3.8) is 0 Å². The van der Waals surface area contributed by atoms with Crippen LogP contribution in [0.3, 0.4) is 0 Å². The zero-order valence-electron chi connectivity index (χ0n) is 17.5. The first kappa shape index (κ1) is 23.5. The highest BCUT2D eigenvalue weighted by molar-refractivity contribution is 5.97. The molecule has 1 heterocycles. The van der Waals surface area contributed by atoms with Crippen LogP contribution in [0, 0.1) is 6.92 Å². The minimum atomic E-state index is -4.60. The quantitative estimate of drug-likeness (QED) is 0.211. The van der Waals surface area contributed by atoms with Gasteiger partial charge in [0.25, 0.3) is 5.91 Å². The molecule has 0 fully saturated rings. The van der Waals surface area contributed by atoms with Gasteiger partial charge in [0.05, 0.1) is 17.5 Å². The molecule has 170 valence electrons. The molecule has 0 atom stereocenters. The molecule has 9 heteroatoms. The summed E-state index contributed by atoms with van der Waals surface area (Å²) in [4.78, 5) is 24.7. The van der Waals surface area contributed by atoms with Crippen LogP contribution in [0.15, 0.2) is 82.3 Å². The molecule has 3 aromatic rings. The van der Waals surface area contributed by atoms with Crippen molar-refractivity contribution in [3.8, 4) is 0 Å². The van der Waals surface area contributed by atoms with E-state index in [4.69, 9.17) is 9.15 Å². The van der Waals surface area contributed by atoms with Gasteiger partial charge in [-0.1, -0.05) is 36.4 Å². The number of anilines is 1. The smallest absolute Gasteiger partial charge is 0.416 e. The number of esters is 1. The monoisotopic (exact) mass is 456 g/mol. The van der Waals surface area contributed by atoms with Crippen LogP contribution in [0.1, 0.15) is 22.6 Å². The number of aryl methyl sites for hydroxylation is 1. The molecule has 6 nitrogen and oxygen atoms in total. The van der Waals surface area contributed by atoms with Crippen molar-refractivity contribution in [3.05, 3.63) is 95.5 Å². The molecule has 33 heavy (non-hydrogen) atoms. The van der Waals surface area contributed by atoms with E-state index in [0.29, 0.717) is 17.1 Å². The fourth-order valence-electron chi connectivity index (χ4n) is 2.69. The highest BCUT2D eigenvalue weighted by Crippen LogP contribution is 2.31. The highest BCUT2D eigenvalue weighted by atomic mass is 19.4. The normalized spacial score (nSPS) is 11.8. The average Bonchev–Trinajstić information content (AvgIpc) is 3.22. The van der Waals surface area contributed by atoms with Crippen molar-refractivity contribution >= 4 is 29.9 Å². The molecule has 2 aromatic carbocycles. The largest absolute Gasteiger partial charge is 0.462 e. The van der Waals surface area contributed by atoms with Gasteiger partial charge < -0.3 is 9.15 Å². The Morgan fingerprint density at radius 3 is 2.48 bits per heavy atom. The van der Waals surface area contributed by atoms with E-state index in [-0.39, 0.29) is 5.69 Å². The standard InChI is InChI=1S/C24H19F3N2O4/c1-17-10-11-21(33-17)12-13-23(31)32-16-22(30)29(28-15-18-6-3-2-4-7-18)20-9-5-8-19(14-20)24(25,26)27/h2-15H,16H2,1H3/b13-12+,28-15+. The Hall–Kier alpha value is -4.14. The fourth-order valence-corrected chi connectivity index (χ4v) is 2.69. The third-order valence-electron chi connectivity index (χ3n) is 4.26. The van der Waals surface area contributed by atoms with Gasteiger partial charge >= 0.3 is 12.1 Å². The van der Waals surface area contributed by atoms with Gasteiger partial charge in [0.1, 0.15) is 11.5 Å². The number of carbonyl (C=O) groups excluding carboxylic acids is 2. The van der Waals surface area contributed by atoms with E-state index in [9.17, 15) is 22.8 Å². The Morgan fingerprint density at radius 1 is 1.06 bits per heavy atom.